The van der Waals surface area contributed by atoms with Gasteiger partial charge in [-0.3, -0.25) is 4.79 Å². The van der Waals surface area contributed by atoms with Gasteiger partial charge in [0.1, 0.15) is 0 Å². The van der Waals surface area contributed by atoms with Crippen LogP contribution in [0.15, 0.2) is 30.3 Å². The molecule has 0 atom stereocenters. The van der Waals surface area contributed by atoms with Crippen molar-refractivity contribution in [3.05, 3.63) is 35.9 Å². The number of hydrogen-bond donors (Lipinski definition) is 0. The molecule has 0 aliphatic heterocycles. The first-order valence-electron chi connectivity index (χ1n) is 7.21. The van der Waals surface area contributed by atoms with Gasteiger partial charge in [0.2, 0.25) is 0 Å². The Balaban J connectivity index is 0.00000154. The minimum absolute atomic E-state index is 0.123. The van der Waals surface area contributed by atoms with Gasteiger partial charge in [-0.25, -0.2) is 0 Å². The van der Waals surface area contributed by atoms with Crippen molar-refractivity contribution in [2.24, 2.45) is 0 Å². The molecule has 1 rings (SSSR count). The van der Waals surface area contributed by atoms with Gasteiger partial charge in [0.05, 0.1) is 0 Å². The number of hydrogen-bond acceptors (Lipinski definition) is 2. The van der Waals surface area contributed by atoms with E-state index in [1.807, 2.05) is 56.0 Å². The van der Waals surface area contributed by atoms with Crippen LogP contribution in [0.4, 0.5) is 0 Å². The van der Waals surface area contributed by atoms with E-state index in [0.717, 1.165) is 31.7 Å². The smallest absolute Gasteiger partial charge is 0.253 e. The van der Waals surface area contributed by atoms with Crippen molar-refractivity contribution in [3.63, 3.8) is 0 Å². The first-order chi connectivity index (χ1) is 9.19. The molecule has 0 saturated carbocycles. The SMILES string of the molecule is CC.CCN(C)CCN(CC)C(=O)c1ccccc1. The van der Waals surface area contributed by atoms with E-state index < -0.39 is 0 Å². The lowest BCUT2D eigenvalue weighted by Crippen LogP contribution is -2.37. The number of likely N-dealkylation sites (N-methyl/N-ethyl adjacent to an activating group) is 2. The third kappa shape index (κ3) is 6.39. The molecule has 3 nitrogen and oxygen atoms in total. The van der Waals surface area contributed by atoms with Gasteiger partial charge < -0.3 is 9.80 Å². The van der Waals surface area contributed by atoms with Crippen molar-refractivity contribution >= 4 is 5.91 Å². The van der Waals surface area contributed by atoms with Gasteiger partial charge in [-0.2, -0.15) is 0 Å². The highest BCUT2D eigenvalue weighted by atomic mass is 16.2. The zero-order chi connectivity index (χ0) is 14.7. The number of carbonyl (C=O) groups is 1. The molecular weight excluding hydrogens is 236 g/mol. The minimum Gasteiger partial charge on any atom is -0.338 e. The molecule has 0 aromatic heterocycles. The highest BCUT2D eigenvalue weighted by Crippen LogP contribution is 2.04. The van der Waals surface area contributed by atoms with Gasteiger partial charge in [0.15, 0.2) is 0 Å². The molecule has 0 aliphatic rings. The Morgan fingerprint density at radius 3 is 2.05 bits per heavy atom. The fourth-order valence-corrected chi connectivity index (χ4v) is 1.62. The number of rotatable bonds is 6. The average molecular weight is 264 g/mol. The number of benzene rings is 1. The predicted molar refractivity (Wildman–Crippen MR) is 82.5 cm³/mol. The summed E-state index contributed by atoms with van der Waals surface area (Å²) >= 11 is 0. The fourth-order valence-electron chi connectivity index (χ4n) is 1.62. The van der Waals surface area contributed by atoms with Crippen molar-refractivity contribution in [3.8, 4) is 0 Å². The maximum absolute atomic E-state index is 12.2. The van der Waals surface area contributed by atoms with E-state index in [1.54, 1.807) is 0 Å². The summed E-state index contributed by atoms with van der Waals surface area (Å²) in [6, 6.07) is 9.47. The first kappa shape index (κ1) is 17.6. The molecule has 0 spiro atoms. The summed E-state index contributed by atoms with van der Waals surface area (Å²) in [7, 11) is 2.07. The van der Waals surface area contributed by atoms with Gasteiger partial charge >= 0.3 is 0 Å². The Morgan fingerprint density at radius 2 is 1.58 bits per heavy atom. The molecule has 1 amide bonds. The summed E-state index contributed by atoms with van der Waals surface area (Å²) < 4.78 is 0. The summed E-state index contributed by atoms with van der Waals surface area (Å²) in [6.45, 7) is 11.6. The minimum atomic E-state index is 0.123. The number of amides is 1. The molecule has 0 heterocycles. The summed E-state index contributed by atoms with van der Waals surface area (Å²) in [6.07, 6.45) is 0. The second-order valence-corrected chi connectivity index (χ2v) is 4.15. The Bertz CT molecular complexity index is 338. The Morgan fingerprint density at radius 1 is 1.00 bits per heavy atom. The lowest BCUT2D eigenvalue weighted by molar-refractivity contribution is 0.0751. The highest BCUT2D eigenvalue weighted by molar-refractivity contribution is 5.94. The third-order valence-corrected chi connectivity index (χ3v) is 2.98. The average Bonchev–Trinajstić information content (AvgIpc) is 2.50. The van der Waals surface area contributed by atoms with Crippen molar-refractivity contribution < 1.29 is 4.79 Å². The molecule has 3 heteroatoms. The van der Waals surface area contributed by atoms with Crippen molar-refractivity contribution in [2.75, 3.05) is 33.2 Å². The molecule has 0 bridgehead atoms. The second-order valence-electron chi connectivity index (χ2n) is 4.15. The van der Waals surface area contributed by atoms with Crippen LogP contribution in [0.1, 0.15) is 38.1 Å². The van der Waals surface area contributed by atoms with E-state index in [4.69, 9.17) is 0 Å². The lowest BCUT2D eigenvalue weighted by atomic mass is 10.2. The first-order valence-corrected chi connectivity index (χ1v) is 7.21. The van der Waals surface area contributed by atoms with Crippen LogP contribution >= 0.6 is 0 Å². The van der Waals surface area contributed by atoms with Crippen LogP contribution in [-0.4, -0.2) is 48.9 Å². The van der Waals surface area contributed by atoms with E-state index in [-0.39, 0.29) is 5.91 Å². The molecular formula is C16H28N2O. The largest absolute Gasteiger partial charge is 0.338 e. The van der Waals surface area contributed by atoms with E-state index in [0.29, 0.717) is 0 Å². The Kier molecular flexibility index (Phi) is 9.81. The molecule has 1 aromatic rings. The zero-order valence-corrected chi connectivity index (χ0v) is 13.0. The van der Waals surface area contributed by atoms with Gasteiger partial charge in [-0.05, 0) is 32.6 Å². The summed E-state index contributed by atoms with van der Waals surface area (Å²) in [5.41, 5.74) is 0.772. The molecule has 0 unspecified atom stereocenters. The molecule has 0 aliphatic carbocycles. The van der Waals surface area contributed by atoms with Crippen LogP contribution in [0, 0.1) is 0 Å². The van der Waals surface area contributed by atoms with Crippen LogP contribution in [-0.2, 0) is 0 Å². The van der Waals surface area contributed by atoms with Crippen LogP contribution in [0.2, 0.25) is 0 Å². The Hall–Kier alpha value is -1.35. The van der Waals surface area contributed by atoms with E-state index in [1.165, 1.54) is 0 Å². The Labute approximate surface area is 118 Å². The van der Waals surface area contributed by atoms with E-state index >= 15 is 0 Å². The van der Waals surface area contributed by atoms with Gasteiger partial charge in [0, 0.05) is 25.2 Å². The summed E-state index contributed by atoms with van der Waals surface area (Å²) in [5, 5.41) is 0. The highest BCUT2D eigenvalue weighted by Gasteiger charge is 2.13. The van der Waals surface area contributed by atoms with Crippen LogP contribution in [0.5, 0.6) is 0 Å². The van der Waals surface area contributed by atoms with Gasteiger partial charge in [0.25, 0.3) is 5.91 Å². The molecule has 19 heavy (non-hydrogen) atoms. The quantitative estimate of drug-likeness (QED) is 0.788. The topological polar surface area (TPSA) is 23.6 Å². The maximum Gasteiger partial charge on any atom is 0.253 e. The molecule has 0 N–H and O–H groups in total. The van der Waals surface area contributed by atoms with Crippen LogP contribution in [0.25, 0.3) is 0 Å². The lowest BCUT2D eigenvalue weighted by Gasteiger charge is -2.24. The molecule has 0 fully saturated rings. The van der Waals surface area contributed by atoms with Crippen LogP contribution < -0.4 is 0 Å². The standard InChI is InChI=1S/C14H22N2O.C2H6/c1-4-15(3)11-12-16(5-2)14(17)13-9-7-6-8-10-13;1-2/h6-10H,4-5,11-12H2,1-3H3;1-2H3. The predicted octanol–water partition coefficient (Wildman–Crippen LogP) is 3.13. The molecule has 0 saturated heterocycles. The normalized spacial score (nSPS) is 9.79. The van der Waals surface area contributed by atoms with Gasteiger partial charge in [-0.1, -0.05) is 39.0 Å². The van der Waals surface area contributed by atoms with Crippen LogP contribution in [0.3, 0.4) is 0 Å². The molecule has 1 aromatic carbocycles. The van der Waals surface area contributed by atoms with E-state index in [2.05, 4.69) is 18.9 Å². The molecule has 108 valence electrons. The third-order valence-electron chi connectivity index (χ3n) is 2.98. The maximum atomic E-state index is 12.2. The zero-order valence-electron chi connectivity index (χ0n) is 13.0. The second kappa shape index (κ2) is 10.6. The summed E-state index contributed by atoms with van der Waals surface area (Å²) in [4.78, 5) is 16.3. The number of carbonyl (C=O) groups excluding carboxylic acids is 1. The number of nitrogens with zero attached hydrogens (tertiary/aromatic N) is 2. The van der Waals surface area contributed by atoms with Gasteiger partial charge in [-0.15, -0.1) is 0 Å². The van der Waals surface area contributed by atoms with Crippen molar-refractivity contribution in [1.82, 2.24) is 9.80 Å². The molecule has 0 radical (unpaired) electrons. The monoisotopic (exact) mass is 264 g/mol. The van der Waals surface area contributed by atoms with E-state index in [9.17, 15) is 4.79 Å². The van der Waals surface area contributed by atoms with Crippen molar-refractivity contribution in [1.29, 1.82) is 0 Å². The van der Waals surface area contributed by atoms with Crippen molar-refractivity contribution in [2.45, 2.75) is 27.7 Å². The summed E-state index contributed by atoms with van der Waals surface area (Å²) in [5.74, 6) is 0.123. The fraction of sp³-hybridized carbons (Fsp3) is 0.562.